The van der Waals surface area contributed by atoms with E-state index in [-0.39, 0.29) is 0 Å². The van der Waals surface area contributed by atoms with Gasteiger partial charge < -0.3 is 5.32 Å². The van der Waals surface area contributed by atoms with Crippen molar-refractivity contribution in [3.63, 3.8) is 0 Å². The third-order valence-corrected chi connectivity index (χ3v) is 4.46. The number of nitrogens with one attached hydrogen (secondary N) is 1. The quantitative estimate of drug-likeness (QED) is 0.727. The minimum absolute atomic E-state index is 0.775. The summed E-state index contributed by atoms with van der Waals surface area (Å²) in [4.78, 5) is 0. The maximum absolute atomic E-state index is 3.90. The maximum atomic E-state index is 3.90. The predicted molar refractivity (Wildman–Crippen MR) is 66.0 cm³/mol. The van der Waals surface area contributed by atoms with Gasteiger partial charge in [0.25, 0.3) is 0 Å². The number of hydrogen-bond acceptors (Lipinski definition) is 1. The van der Waals surface area contributed by atoms with E-state index in [1.165, 1.54) is 51.4 Å². The van der Waals surface area contributed by atoms with Gasteiger partial charge in [0.2, 0.25) is 0 Å². The smallest absolute Gasteiger partial charge is 0.00952 e. The lowest BCUT2D eigenvalue weighted by Crippen LogP contribution is -2.42. The fraction of sp³-hybridized carbons (Fsp3) is 1.00. The SMILES string of the molecule is CCC(NC(C)C1CC1)C1CCCCC1. The van der Waals surface area contributed by atoms with Crippen LogP contribution in [-0.2, 0) is 0 Å². The summed E-state index contributed by atoms with van der Waals surface area (Å²) in [6.07, 6.45) is 11.6. The van der Waals surface area contributed by atoms with Crippen LogP contribution in [0.25, 0.3) is 0 Å². The maximum Gasteiger partial charge on any atom is 0.00952 e. The molecule has 0 aromatic carbocycles. The van der Waals surface area contributed by atoms with E-state index in [0.29, 0.717) is 0 Å². The molecule has 2 fully saturated rings. The van der Waals surface area contributed by atoms with Crippen LogP contribution < -0.4 is 5.32 Å². The summed E-state index contributed by atoms with van der Waals surface area (Å²) in [5, 5.41) is 3.90. The standard InChI is InChI=1S/C14H27N/c1-3-14(13-7-5-4-6-8-13)15-11(2)12-9-10-12/h11-15H,3-10H2,1-2H3. The van der Waals surface area contributed by atoms with Crippen LogP contribution in [0.3, 0.4) is 0 Å². The van der Waals surface area contributed by atoms with Crippen LogP contribution in [-0.4, -0.2) is 12.1 Å². The Kier molecular flexibility index (Phi) is 4.07. The van der Waals surface area contributed by atoms with Gasteiger partial charge in [0.1, 0.15) is 0 Å². The van der Waals surface area contributed by atoms with Crippen LogP contribution in [0.2, 0.25) is 0 Å². The van der Waals surface area contributed by atoms with Crippen LogP contribution in [0.15, 0.2) is 0 Å². The molecule has 2 saturated carbocycles. The van der Waals surface area contributed by atoms with Crippen LogP contribution in [0.1, 0.15) is 65.2 Å². The first-order valence-corrected chi connectivity index (χ1v) is 7.07. The predicted octanol–water partition coefficient (Wildman–Crippen LogP) is 3.73. The molecule has 1 N–H and O–H groups in total. The van der Waals surface area contributed by atoms with E-state index in [1.807, 2.05) is 0 Å². The van der Waals surface area contributed by atoms with Crippen molar-refractivity contribution in [2.24, 2.45) is 11.8 Å². The molecule has 0 heterocycles. The number of hydrogen-bond donors (Lipinski definition) is 1. The monoisotopic (exact) mass is 209 g/mol. The first-order chi connectivity index (χ1) is 7.31. The van der Waals surface area contributed by atoms with Crippen LogP contribution in [0.5, 0.6) is 0 Å². The topological polar surface area (TPSA) is 12.0 Å². The molecule has 0 radical (unpaired) electrons. The van der Waals surface area contributed by atoms with Crippen molar-refractivity contribution in [1.29, 1.82) is 0 Å². The fourth-order valence-electron chi connectivity index (χ4n) is 3.19. The summed E-state index contributed by atoms with van der Waals surface area (Å²) < 4.78 is 0. The van der Waals surface area contributed by atoms with Gasteiger partial charge in [-0.3, -0.25) is 0 Å². The van der Waals surface area contributed by atoms with Crippen molar-refractivity contribution in [3.8, 4) is 0 Å². The van der Waals surface area contributed by atoms with E-state index >= 15 is 0 Å². The average molecular weight is 209 g/mol. The third kappa shape index (κ3) is 3.21. The van der Waals surface area contributed by atoms with Gasteiger partial charge in [0.15, 0.2) is 0 Å². The van der Waals surface area contributed by atoms with E-state index < -0.39 is 0 Å². The minimum Gasteiger partial charge on any atom is -0.311 e. The van der Waals surface area contributed by atoms with E-state index in [9.17, 15) is 0 Å². The molecule has 2 aliphatic rings. The number of rotatable bonds is 5. The molecule has 88 valence electrons. The first kappa shape index (κ1) is 11.4. The highest BCUT2D eigenvalue weighted by Crippen LogP contribution is 2.34. The largest absolute Gasteiger partial charge is 0.311 e. The second-order valence-corrected chi connectivity index (χ2v) is 5.71. The molecule has 0 spiro atoms. The second-order valence-electron chi connectivity index (χ2n) is 5.71. The normalized spacial score (nSPS) is 27.6. The second kappa shape index (κ2) is 5.34. The molecule has 1 heteroatoms. The van der Waals surface area contributed by atoms with Gasteiger partial charge in [-0.15, -0.1) is 0 Å². The Morgan fingerprint density at radius 1 is 1.00 bits per heavy atom. The molecule has 2 atom stereocenters. The average Bonchev–Trinajstić information content (AvgIpc) is 3.10. The lowest BCUT2D eigenvalue weighted by Gasteiger charge is -2.32. The molecule has 2 rings (SSSR count). The molecule has 0 aromatic heterocycles. The van der Waals surface area contributed by atoms with E-state index in [2.05, 4.69) is 19.2 Å². The minimum atomic E-state index is 0.775. The van der Waals surface area contributed by atoms with Crippen LogP contribution >= 0.6 is 0 Å². The molecular formula is C14H27N. The Balaban J connectivity index is 1.79. The van der Waals surface area contributed by atoms with Crippen LogP contribution in [0.4, 0.5) is 0 Å². The summed E-state index contributed by atoms with van der Waals surface area (Å²) >= 11 is 0. The molecule has 0 aliphatic heterocycles. The lowest BCUT2D eigenvalue weighted by atomic mass is 9.82. The Bertz CT molecular complexity index is 180. The Hall–Kier alpha value is -0.0400. The van der Waals surface area contributed by atoms with Crippen molar-refractivity contribution in [2.75, 3.05) is 0 Å². The zero-order chi connectivity index (χ0) is 10.7. The molecule has 1 nitrogen and oxygen atoms in total. The molecular weight excluding hydrogens is 182 g/mol. The summed E-state index contributed by atoms with van der Waals surface area (Å²) in [5.74, 6) is 1.98. The molecule has 0 saturated heterocycles. The van der Waals surface area contributed by atoms with Crippen molar-refractivity contribution in [1.82, 2.24) is 5.32 Å². The summed E-state index contributed by atoms with van der Waals surface area (Å²) in [6, 6.07) is 1.58. The fourth-order valence-corrected chi connectivity index (χ4v) is 3.19. The van der Waals surface area contributed by atoms with Gasteiger partial charge in [-0.2, -0.15) is 0 Å². The molecule has 15 heavy (non-hydrogen) atoms. The van der Waals surface area contributed by atoms with Gasteiger partial charge in [0, 0.05) is 12.1 Å². The Labute approximate surface area is 95.0 Å². The van der Waals surface area contributed by atoms with Crippen molar-refractivity contribution >= 4 is 0 Å². The van der Waals surface area contributed by atoms with Gasteiger partial charge in [-0.05, 0) is 50.9 Å². The zero-order valence-electron chi connectivity index (χ0n) is 10.5. The van der Waals surface area contributed by atoms with Gasteiger partial charge >= 0.3 is 0 Å². The summed E-state index contributed by atoms with van der Waals surface area (Å²) in [5.41, 5.74) is 0. The molecule has 2 aliphatic carbocycles. The van der Waals surface area contributed by atoms with Crippen molar-refractivity contribution < 1.29 is 0 Å². The highest BCUT2D eigenvalue weighted by molar-refractivity contribution is 4.87. The van der Waals surface area contributed by atoms with Gasteiger partial charge in [0.05, 0.1) is 0 Å². The van der Waals surface area contributed by atoms with Crippen molar-refractivity contribution in [3.05, 3.63) is 0 Å². The highest BCUT2D eigenvalue weighted by atomic mass is 15.0. The third-order valence-electron chi connectivity index (χ3n) is 4.46. The molecule has 0 aromatic rings. The first-order valence-electron chi connectivity index (χ1n) is 7.07. The Morgan fingerprint density at radius 2 is 1.67 bits per heavy atom. The lowest BCUT2D eigenvalue weighted by molar-refractivity contribution is 0.242. The van der Waals surface area contributed by atoms with Gasteiger partial charge in [-0.25, -0.2) is 0 Å². The zero-order valence-corrected chi connectivity index (χ0v) is 10.5. The summed E-state index contributed by atoms with van der Waals surface area (Å²) in [6.45, 7) is 4.75. The van der Waals surface area contributed by atoms with E-state index in [1.54, 1.807) is 0 Å². The van der Waals surface area contributed by atoms with Crippen LogP contribution in [0, 0.1) is 11.8 Å². The molecule has 0 amide bonds. The van der Waals surface area contributed by atoms with Crippen molar-refractivity contribution in [2.45, 2.75) is 77.3 Å². The van der Waals surface area contributed by atoms with Gasteiger partial charge in [-0.1, -0.05) is 26.2 Å². The summed E-state index contributed by atoms with van der Waals surface area (Å²) in [7, 11) is 0. The molecule has 2 unspecified atom stereocenters. The molecule has 0 bridgehead atoms. The Morgan fingerprint density at radius 3 is 2.20 bits per heavy atom. The highest BCUT2D eigenvalue weighted by Gasteiger charge is 2.31. The van der Waals surface area contributed by atoms with E-state index in [0.717, 1.165) is 23.9 Å². The van der Waals surface area contributed by atoms with E-state index in [4.69, 9.17) is 0 Å².